The largest absolute Gasteiger partial charge is 0.504 e. The van der Waals surface area contributed by atoms with Crippen molar-refractivity contribution in [3.05, 3.63) is 45.6 Å². The zero-order valence-corrected chi connectivity index (χ0v) is 13.7. The molecular formula is C17H23NO2S. The van der Waals surface area contributed by atoms with E-state index in [9.17, 15) is 5.11 Å². The average Bonchev–Trinajstić information content (AvgIpc) is 2.85. The smallest absolute Gasteiger partial charge is 0.161 e. The molecule has 0 amide bonds. The summed E-state index contributed by atoms with van der Waals surface area (Å²) >= 11 is 1.86. The van der Waals surface area contributed by atoms with Crippen molar-refractivity contribution in [3.63, 3.8) is 0 Å². The van der Waals surface area contributed by atoms with Crippen LogP contribution >= 0.6 is 11.3 Å². The number of aryl methyl sites for hydroxylation is 1. The highest BCUT2D eigenvalue weighted by molar-refractivity contribution is 7.11. The summed E-state index contributed by atoms with van der Waals surface area (Å²) in [6, 6.07) is 10.3. The number of thiophene rings is 1. The molecule has 0 aliphatic heterocycles. The van der Waals surface area contributed by atoms with Gasteiger partial charge in [-0.1, -0.05) is 6.07 Å². The molecule has 2 N–H and O–H groups in total. The van der Waals surface area contributed by atoms with Gasteiger partial charge in [0.15, 0.2) is 11.5 Å². The molecule has 4 heteroatoms. The van der Waals surface area contributed by atoms with E-state index < -0.39 is 0 Å². The second kappa shape index (κ2) is 7.48. The van der Waals surface area contributed by atoms with E-state index in [0.717, 1.165) is 18.5 Å². The highest BCUT2D eigenvalue weighted by Crippen LogP contribution is 2.26. The van der Waals surface area contributed by atoms with Gasteiger partial charge in [-0.25, -0.2) is 0 Å². The van der Waals surface area contributed by atoms with Gasteiger partial charge in [-0.3, -0.25) is 0 Å². The second-order valence-corrected chi connectivity index (χ2v) is 6.61. The monoisotopic (exact) mass is 305 g/mol. The van der Waals surface area contributed by atoms with Crippen LogP contribution in [0.4, 0.5) is 0 Å². The Labute approximate surface area is 130 Å². The SMILES string of the molecule is CCOc1cc(CNC(C)Cc2ccc(C)s2)ccc1O. The Hall–Kier alpha value is -1.52. The standard InChI is InChI=1S/C17H23NO2S/c1-4-20-17-10-14(6-8-16(17)19)11-18-12(2)9-15-7-5-13(3)21-15/h5-8,10,12,18-19H,4,9,11H2,1-3H3. The summed E-state index contributed by atoms with van der Waals surface area (Å²) < 4.78 is 5.41. The van der Waals surface area contributed by atoms with Crippen molar-refractivity contribution in [2.75, 3.05) is 6.61 Å². The van der Waals surface area contributed by atoms with Crippen LogP contribution in [0.15, 0.2) is 30.3 Å². The van der Waals surface area contributed by atoms with Crippen molar-refractivity contribution in [1.82, 2.24) is 5.32 Å². The van der Waals surface area contributed by atoms with Gasteiger partial charge >= 0.3 is 0 Å². The molecule has 0 bridgehead atoms. The lowest BCUT2D eigenvalue weighted by atomic mass is 10.1. The van der Waals surface area contributed by atoms with Crippen LogP contribution in [0.3, 0.4) is 0 Å². The highest BCUT2D eigenvalue weighted by atomic mass is 32.1. The van der Waals surface area contributed by atoms with Crippen molar-refractivity contribution in [3.8, 4) is 11.5 Å². The van der Waals surface area contributed by atoms with Gasteiger partial charge in [0, 0.05) is 22.3 Å². The van der Waals surface area contributed by atoms with E-state index in [2.05, 4.69) is 31.3 Å². The van der Waals surface area contributed by atoms with E-state index in [0.29, 0.717) is 18.4 Å². The molecule has 0 radical (unpaired) electrons. The first-order valence-electron chi connectivity index (χ1n) is 7.32. The maximum absolute atomic E-state index is 9.70. The number of hydrogen-bond donors (Lipinski definition) is 2. The maximum Gasteiger partial charge on any atom is 0.161 e. The lowest BCUT2D eigenvalue weighted by Crippen LogP contribution is -2.27. The van der Waals surface area contributed by atoms with Crippen molar-refractivity contribution < 1.29 is 9.84 Å². The summed E-state index contributed by atoms with van der Waals surface area (Å²) in [4.78, 5) is 2.77. The number of aromatic hydroxyl groups is 1. The molecule has 21 heavy (non-hydrogen) atoms. The summed E-state index contributed by atoms with van der Waals surface area (Å²) in [7, 11) is 0. The molecule has 1 unspecified atom stereocenters. The van der Waals surface area contributed by atoms with E-state index in [1.54, 1.807) is 6.07 Å². The molecule has 0 fully saturated rings. The third kappa shape index (κ3) is 4.76. The molecule has 2 rings (SSSR count). The van der Waals surface area contributed by atoms with Gasteiger partial charge in [-0.2, -0.15) is 0 Å². The Morgan fingerprint density at radius 1 is 1.29 bits per heavy atom. The lowest BCUT2D eigenvalue weighted by Gasteiger charge is -2.14. The van der Waals surface area contributed by atoms with E-state index in [1.165, 1.54) is 9.75 Å². The number of ether oxygens (including phenoxy) is 1. The Morgan fingerprint density at radius 2 is 2.10 bits per heavy atom. The summed E-state index contributed by atoms with van der Waals surface area (Å²) in [6.07, 6.45) is 1.04. The minimum absolute atomic E-state index is 0.197. The molecule has 1 atom stereocenters. The van der Waals surface area contributed by atoms with Crippen LogP contribution in [-0.4, -0.2) is 17.8 Å². The zero-order valence-electron chi connectivity index (χ0n) is 12.8. The molecule has 0 spiro atoms. The molecule has 0 saturated carbocycles. The second-order valence-electron chi connectivity index (χ2n) is 5.23. The molecule has 114 valence electrons. The topological polar surface area (TPSA) is 41.5 Å². The molecular weight excluding hydrogens is 282 g/mol. The van der Waals surface area contributed by atoms with Crippen LogP contribution in [0.2, 0.25) is 0 Å². The number of rotatable bonds is 7. The van der Waals surface area contributed by atoms with Crippen molar-refractivity contribution in [1.29, 1.82) is 0 Å². The summed E-state index contributed by atoms with van der Waals surface area (Å²) in [5, 5.41) is 13.2. The van der Waals surface area contributed by atoms with Crippen LogP contribution < -0.4 is 10.1 Å². The first-order chi connectivity index (χ1) is 10.1. The zero-order chi connectivity index (χ0) is 15.2. The fourth-order valence-corrected chi connectivity index (χ4v) is 3.22. The van der Waals surface area contributed by atoms with Crippen LogP contribution in [0.25, 0.3) is 0 Å². The Bertz CT molecular complexity index is 580. The molecule has 1 aromatic heterocycles. The van der Waals surface area contributed by atoms with Gasteiger partial charge in [0.05, 0.1) is 6.61 Å². The van der Waals surface area contributed by atoms with Crippen molar-refractivity contribution in [2.24, 2.45) is 0 Å². The quantitative estimate of drug-likeness (QED) is 0.815. The lowest BCUT2D eigenvalue weighted by molar-refractivity contribution is 0.317. The highest BCUT2D eigenvalue weighted by Gasteiger charge is 2.07. The fourth-order valence-electron chi connectivity index (χ4n) is 2.20. The Kier molecular flexibility index (Phi) is 5.65. The van der Waals surface area contributed by atoms with Crippen molar-refractivity contribution in [2.45, 2.75) is 39.8 Å². The number of benzene rings is 1. The van der Waals surface area contributed by atoms with Gasteiger partial charge < -0.3 is 15.2 Å². The average molecular weight is 305 g/mol. The number of phenols is 1. The normalized spacial score (nSPS) is 12.3. The van der Waals surface area contributed by atoms with Gasteiger partial charge in [-0.05, 0) is 57.0 Å². The molecule has 1 heterocycles. The fraction of sp³-hybridized carbons (Fsp3) is 0.412. The molecule has 2 aromatic rings. The van der Waals surface area contributed by atoms with E-state index in [4.69, 9.17) is 4.74 Å². The summed E-state index contributed by atoms with van der Waals surface area (Å²) in [5.41, 5.74) is 1.12. The number of nitrogens with one attached hydrogen (secondary N) is 1. The van der Waals surface area contributed by atoms with Gasteiger partial charge in [-0.15, -0.1) is 11.3 Å². The molecule has 0 saturated heterocycles. The van der Waals surface area contributed by atoms with Gasteiger partial charge in [0.1, 0.15) is 0 Å². The van der Waals surface area contributed by atoms with Crippen LogP contribution in [0.5, 0.6) is 11.5 Å². The third-order valence-corrected chi connectivity index (χ3v) is 4.31. The predicted molar refractivity (Wildman–Crippen MR) is 88.3 cm³/mol. The molecule has 3 nitrogen and oxygen atoms in total. The predicted octanol–water partition coefficient (Wildman–Crippen LogP) is 3.88. The number of phenolic OH excluding ortho intramolecular Hbond substituents is 1. The number of hydrogen-bond acceptors (Lipinski definition) is 4. The Morgan fingerprint density at radius 3 is 2.76 bits per heavy atom. The van der Waals surface area contributed by atoms with Crippen LogP contribution in [0, 0.1) is 6.92 Å². The summed E-state index contributed by atoms with van der Waals surface area (Å²) in [5.74, 6) is 0.751. The van der Waals surface area contributed by atoms with Crippen molar-refractivity contribution >= 4 is 11.3 Å². The molecule has 0 aliphatic carbocycles. The maximum atomic E-state index is 9.70. The first-order valence-corrected chi connectivity index (χ1v) is 8.13. The Balaban J connectivity index is 1.88. The van der Waals surface area contributed by atoms with Gasteiger partial charge in [0.25, 0.3) is 0 Å². The van der Waals surface area contributed by atoms with E-state index in [-0.39, 0.29) is 5.75 Å². The molecule has 0 aliphatic rings. The molecule has 1 aromatic carbocycles. The third-order valence-electron chi connectivity index (χ3n) is 3.28. The minimum atomic E-state index is 0.197. The van der Waals surface area contributed by atoms with Gasteiger partial charge in [0.2, 0.25) is 0 Å². The van der Waals surface area contributed by atoms with Crippen LogP contribution in [0.1, 0.15) is 29.2 Å². The minimum Gasteiger partial charge on any atom is -0.504 e. The summed E-state index contributed by atoms with van der Waals surface area (Å²) in [6.45, 7) is 7.57. The van der Waals surface area contributed by atoms with E-state index >= 15 is 0 Å². The van der Waals surface area contributed by atoms with E-state index in [1.807, 2.05) is 30.4 Å². The first kappa shape index (κ1) is 15.9. The van der Waals surface area contributed by atoms with Crippen LogP contribution in [-0.2, 0) is 13.0 Å².